The summed E-state index contributed by atoms with van der Waals surface area (Å²) in [7, 11) is 0. The van der Waals surface area contributed by atoms with Crippen molar-refractivity contribution in [2.45, 2.75) is 33.0 Å². The minimum atomic E-state index is 0.348. The molecule has 0 unspecified atom stereocenters. The summed E-state index contributed by atoms with van der Waals surface area (Å²) in [4.78, 5) is 0. The quantitative estimate of drug-likeness (QED) is 0.616. The molecule has 0 aromatic heterocycles. The van der Waals surface area contributed by atoms with Crippen molar-refractivity contribution in [3.63, 3.8) is 0 Å². The highest BCUT2D eigenvalue weighted by molar-refractivity contribution is 5.34. The molecule has 0 bridgehead atoms. The number of fused-ring (bicyclic) bond motifs is 1. The molecule has 1 aliphatic heterocycles. The van der Waals surface area contributed by atoms with E-state index in [-0.39, 0.29) is 0 Å². The van der Waals surface area contributed by atoms with E-state index in [1.54, 1.807) is 0 Å². The Hall–Kier alpha value is -0.820. The van der Waals surface area contributed by atoms with E-state index in [2.05, 4.69) is 32.0 Å². The maximum absolute atomic E-state index is 5.63. The Morgan fingerprint density at radius 1 is 1.50 bits per heavy atom. The summed E-state index contributed by atoms with van der Waals surface area (Å²) in [6.07, 6.45) is 1.43. The molecule has 1 aromatic carbocycles. The van der Waals surface area contributed by atoms with Crippen LogP contribution in [0.5, 0.6) is 0 Å². The lowest BCUT2D eigenvalue weighted by molar-refractivity contribution is 0.0636. The Kier molecular flexibility index (Phi) is 1.89. The van der Waals surface area contributed by atoms with Gasteiger partial charge in [-0.25, -0.2) is 0 Å². The number of aryl methyl sites for hydroxylation is 1. The molecule has 0 saturated carbocycles. The van der Waals surface area contributed by atoms with E-state index in [0.29, 0.717) is 6.10 Å². The van der Waals surface area contributed by atoms with Crippen molar-refractivity contribution < 1.29 is 4.74 Å². The van der Waals surface area contributed by atoms with Gasteiger partial charge in [0.2, 0.25) is 0 Å². The first-order chi connectivity index (χ1) is 5.81. The molecule has 1 atom stereocenters. The molecule has 0 radical (unpaired) electrons. The summed E-state index contributed by atoms with van der Waals surface area (Å²) in [6.45, 7) is 5.09. The lowest BCUT2D eigenvalue weighted by Crippen LogP contribution is -1.92. The molecular formula is C11H14O. The fourth-order valence-electron chi connectivity index (χ4n) is 1.79. The Bertz CT molecular complexity index is 291. The van der Waals surface area contributed by atoms with Crippen molar-refractivity contribution in [2.75, 3.05) is 0 Å². The predicted molar refractivity (Wildman–Crippen MR) is 49.0 cm³/mol. The van der Waals surface area contributed by atoms with Gasteiger partial charge in [-0.2, -0.15) is 0 Å². The molecule has 64 valence electrons. The largest absolute Gasteiger partial charge is 0.369 e. The highest BCUT2D eigenvalue weighted by Crippen LogP contribution is 2.32. The summed E-state index contributed by atoms with van der Waals surface area (Å²) < 4.78 is 5.63. The van der Waals surface area contributed by atoms with E-state index >= 15 is 0 Å². The molecule has 0 amide bonds. The van der Waals surface area contributed by atoms with Gasteiger partial charge >= 0.3 is 0 Å². The minimum absolute atomic E-state index is 0.348. The third kappa shape index (κ3) is 1.14. The summed E-state index contributed by atoms with van der Waals surface area (Å²) >= 11 is 0. The first-order valence-electron chi connectivity index (χ1n) is 4.52. The van der Waals surface area contributed by atoms with Gasteiger partial charge in [0.15, 0.2) is 0 Å². The van der Waals surface area contributed by atoms with Crippen LogP contribution in [0.4, 0.5) is 0 Å². The highest BCUT2D eigenvalue weighted by Gasteiger charge is 2.20. The van der Waals surface area contributed by atoms with Crippen LogP contribution in [0.15, 0.2) is 18.2 Å². The van der Waals surface area contributed by atoms with Crippen LogP contribution in [0.2, 0.25) is 0 Å². The molecule has 1 aromatic rings. The van der Waals surface area contributed by atoms with Gasteiger partial charge in [-0.3, -0.25) is 0 Å². The van der Waals surface area contributed by atoms with Crippen LogP contribution in [0.1, 0.15) is 36.1 Å². The van der Waals surface area contributed by atoms with Crippen LogP contribution >= 0.6 is 0 Å². The maximum atomic E-state index is 5.63. The number of hydrogen-bond donors (Lipinski definition) is 0. The third-order valence-corrected chi connectivity index (χ3v) is 2.46. The van der Waals surface area contributed by atoms with Gasteiger partial charge in [-0.15, -0.1) is 0 Å². The molecule has 0 spiro atoms. The van der Waals surface area contributed by atoms with Gasteiger partial charge in [0.1, 0.15) is 0 Å². The summed E-state index contributed by atoms with van der Waals surface area (Å²) in [5.74, 6) is 0. The molecule has 12 heavy (non-hydrogen) atoms. The van der Waals surface area contributed by atoms with E-state index in [4.69, 9.17) is 4.74 Å². The monoisotopic (exact) mass is 162 g/mol. The topological polar surface area (TPSA) is 9.23 Å². The number of rotatable bonds is 1. The second kappa shape index (κ2) is 2.91. The van der Waals surface area contributed by atoms with E-state index in [0.717, 1.165) is 13.0 Å². The molecule has 0 fully saturated rings. The Morgan fingerprint density at radius 2 is 2.33 bits per heavy atom. The molecule has 1 aliphatic rings. The number of ether oxygens (including phenoxy) is 1. The van der Waals surface area contributed by atoms with Crippen molar-refractivity contribution in [1.29, 1.82) is 0 Å². The fourth-order valence-corrected chi connectivity index (χ4v) is 1.79. The van der Waals surface area contributed by atoms with E-state index in [1.165, 1.54) is 16.7 Å². The van der Waals surface area contributed by atoms with Crippen LogP contribution in [0, 0.1) is 6.92 Å². The van der Waals surface area contributed by atoms with Gasteiger partial charge < -0.3 is 4.74 Å². The van der Waals surface area contributed by atoms with Crippen molar-refractivity contribution in [3.8, 4) is 0 Å². The van der Waals surface area contributed by atoms with Crippen LogP contribution in [-0.4, -0.2) is 0 Å². The average molecular weight is 162 g/mol. The van der Waals surface area contributed by atoms with Crippen molar-refractivity contribution in [2.24, 2.45) is 0 Å². The highest BCUT2D eigenvalue weighted by atomic mass is 16.5. The molecule has 0 aliphatic carbocycles. The molecule has 0 N–H and O–H groups in total. The second-order valence-electron chi connectivity index (χ2n) is 3.41. The molecule has 1 heterocycles. The second-order valence-corrected chi connectivity index (χ2v) is 3.41. The Morgan fingerprint density at radius 3 is 3.08 bits per heavy atom. The van der Waals surface area contributed by atoms with Crippen molar-refractivity contribution in [1.82, 2.24) is 0 Å². The first kappa shape index (κ1) is 7.81. The summed E-state index contributed by atoms with van der Waals surface area (Å²) in [5.41, 5.74) is 4.10. The van der Waals surface area contributed by atoms with Gasteiger partial charge in [-0.05, 0) is 24.5 Å². The molecule has 1 heteroatoms. The van der Waals surface area contributed by atoms with Gasteiger partial charge in [-0.1, -0.05) is 30.7 Å². The Balaban J connectivity index is 2.40. The molecular weight excluding hydrogens is 148 g/mol. The fraction of sp³-hybridized carbons (Fsp3) is 0.455. The zero-order chi connectivity index (χ0) is 8.55. The summed E-state index contributed by atoms with van der Waals surface area (Å²) in [5, 5.41) is 0. The smallest absolute Gasteiger partial charge is 0.0830 e. The zero-order valence-electron chi connectivity index (χ0n) is 7.63. The normalized spacial score (nSPS) is 21.0. The number of benzene rings is 1. The SMILES string of the molecule is CC[C@@H]1OCc2cc(C)ccc21. The van der Waals surface area contributed by atoms with E-state index in [1.807, 2.05) is 0 Å². The first-order valence-corrected chi connectivity index (χ1v) is 4.52. The van der Waals surface area contributed by atoms with Crippen LogP contribution in [-0.2, 0) is 11.3 Å². The lowest BCUT2D eigenvalue weighted by atomic mass is 10.0. The minimum Gasteiger partial charge on any atom is -0.369 e. The van der Waals surface area contributed by atoms with Gasteiger partial charge in [0, 0.05) is 0 Å². The van der Waals surface area contributed by atoms with Gasteiger partial charge in [0.25, 0.3) is 0 Å². The lowest BCUT2D eigenvalue weighted by Gasteiger charge is -2.06. The van der Waals surface area contributed by atoms with Crippen molar-refractivity contribution in [3.05, 3.63) is 34.9 Å². The molecule has 1 nitrogen and oxygen atoms in total. The Labute approximate surface area is 73.4 Å². The number of hydrogen-bond acceptors (Lipinski definition) is 1. The van der Waals surface area contributed by atoms with Crippen LogP contribution < -0.4 is 0 Å². The van der Waals surface area contributed by atoms with Crippen LogP contribution in [0.25, 0.3) is 0 Å². The maximum Gasteiger partial charge on any atom is 0.0830 e. The third-order valence-electron chi connectivity index (χ3n) is 2.46. The van der Waals surface area contributed by atoms with Gasteiger partial charge in [0.05, 0.1) is 12.7 Å². The average Bonchev–Trinajstić information content (AvgIpc) is 2.46. The van der Waals surface area contributed by atoms with E-state index < -0.39 is 0 Å². The van der Waals surface area contributed by atoms with Crippen LogP contribution in [0.3, 0.4) is 0 Å². The van der Waals surface area contributed by atoms with Crippen molar-refractivity contribution >= 4 is 0 Å². The van der Waals surface area contributed by atoms with E-state index in [9.17, 15) is 0 Å². The molecule has 2 rings (SSSR count). The standard InChI is InChI=1S/C11H14O/c1-3-11-10-5-4-8(2)6-9(10)7-12-11/h4-6,11H,3,7H2,1-2H3/t11-/m0/s1. The summed E-state index contributed by atoms with van der Waals surface area (Å²) in [6, 6.07) is 6.59. The predicted octanol–water partition coefficient (Wildman–Crippen LogP) is 2.98. The molecule has 0 saturated heterocycles. The zero-order valence-corrected chi connectivity index (χ0v) is 7.63.